The third-order valence-electron chi connectivity index (χ3n) is 2.11. The first-order valence-electron chi connectivity index (χ1n) is 4.81. The van der Waals surface area contributed by atoms with E-state index in [0.29, 0.717) is 16.4 Å². The molecular weight excluding hydrogens is 227 g/mol. The SMILES string of the molecule is CCc1sc(-c2ccc(F)cn2)nc1C=O. The van der Waals surface area contributed by atoms with Crippen molar-refractivity contribution in [3.05, 3.63) is 34.7 Å². The highest BCUT2D eigenvalue weighted by Gasteiger charge is 2.11. The van der Waals surface area contributed by atoms with Gasteiger partial charge in [-0.05, 0) is 18.6 Å². The van der Waals surface area contributed by atoms with Crippen LogP contribution < -0.4 is 0 Å². The van der Waals surface area contributed by atoms with Gasteiger partial charge in [-0.15, -0.1) is 11.3 Å². The Bertz CT molecular complexity index is 507. The highest BCUT2D eigenvalue weighted by Crippen LogP contribution is 2.26. The summed E-state index contributed by atoms with van der Waals surface area (Å²) in [4.78, 5) is 19.8. The van der Waals surface area contributed by atoms with Crippen molar-refractivity contribution in [1.29, 1.82) is 0 Å². The molecule has 16 heavy (non-hydrogen) atoms. The predicted octanol–water partition coefficient (Wildman–Crippen LogP) is 2.72. The number of aryl methyl sites for hydroxylation is 1. The molecule has 2 heterocycles. The fraction of sp³-hybridized carbons (Fsp3) is 0.182. The van der Waals surface area contributed by atoms with Gasteiger partial charge in [0.1, 0.15) is 16.5 Å². The Kier molecular flexibility index (Phi) is 3.05. The molecule has 0 N–H and O–H groups in total. The van der Waals surface area contributed by atoms with Crippen LogP contribution in [0.25, 0.3) is 10.7 Å². The van der Waals surface area contributed by atoms with Crippen LogP contribution in [0.5, 0.6) is 0 Å². The standard InChI is InChI=1S/C11H9FN2OS/c1-2-10-9(6-15)14-11(16-10)8-4-3-7(12)5-13-8/h3-6H,2H2,1H3. The highest BCUT2D eigenvalue weighted by atomic mass is 32.1. The van der Waals surface area contributed by atoms with Crippen LogP contribution in [0.4, 0.5) is 4.39 Å². The number of aldehydes is 1. The van der Waals surface area contributed by atoms with Gasteiger partial charge in [-0.2, -0.15) is 0 Å². The van der Waals surface area contributed by atoms with E-state index >= 15 is 0 Å². The topological polar surface area (TPSA) is 42.9 Å². The van der Waals surface area contributed by atoms with Crippen LogP contribution >= 0.6 is 11.3 Å². The summed E-state index contributed by atoms with van der Waals surface area (Å²) in [6.07, 6.45) is 2.64. The van der Waals surface area contributed by atoms with Gasteiger partial charge in [0.15, 0.2) is 6.29 Å². The molecule has 0 saturated carbocycles. The lowest BCUT2D eigenvalue weighted by atomic mass is 10.3. The first-order chi connectivity index (χ1) is 7.74. The van der Waals surface area contributed by atoms with Gasteiger partial charge in [-0.3, -0.25) is 9.78 Å². The summed E-state index contributed by atoms with van der Waals surface area (Å²) in [5, 5.41) is 0.652. The summed E-state index contributed by atoms with van der Waals surface area (Å²) in [6.45, 7) is 1.96. The lowest BCUT2D eigenvalue weighted by molar-refractivity contribution is 0.111. The Balaban J connectivity index is 2.44. The molecule has 0 bridgehead atoms. The van der Waals surface area contributed by atoms with Crippen LogP contribution in [0, 0.1) is 5.82 Å². The largest absolute Gasteiger partial charge is 0.296 e. The minimum atomic E-state index is -0.383. The van der Waals surface area contributed by atoms with Gasteiger partial charge >= 0.3 is 0 Å². The van der Waals surface area contributed by atoms with E-state index in [2.05, 4.69) is 9.97 Å². The summed E-state index contributed by atoms with van der Waals surface area (Å²) in [5.74, 6) is -0.383. The third kappa shape index (κ3) is 1.99. The van der Waals surface area contributed by atoms with Gasteiger partial charge in [0.25, 0.3) is 0 Å². The van der Waals surface area contributed by atoms with Gasteiger partial charge in [-0.25, -0.2) is 9.37 Å². The summed E-state index contributed by atoms with van der Waals surface area (Å²) < 4.78 is 12.7. The zero-order chi connectivity index (χ0) is 11.5. The summed E-state index contributed by atoms with van der Waals surface area (Å²) in [7, 11) is 0. The lowest BCUT2D eigenvalue weighted by Crippen LogP contribution is -1.86. The predicted molar refractivity (Wildman–Crippen MR) is 60.1 cm³/mol. The fourth-order valence-electron chi connectivity index (χ4n) is 1.32. The van der Waals surface area contributed by atoms with Crippen LogP contribution in [0.1, 0.15) is 22.3 Å². The number of pyridine rings is 1. The molecule has 0 aliphatic heterocycles. The number of nitrogens with zero attached hydrogens (tertiary/aromatic N) is 2. The molecule has 0 fully saturated rings. The van der Waals surface area contributed by atoms with Crippen LogP contribution in [0.2, 0.25) is 0 Å². The lowest BCUT2D eigenvalue weighted by Gasteiger charge is -1.93. The molecule has 0 saturated heterocycles. The number of thiazole rings is 1. The van der Waals surface area contributed by atoms with Crippen molar-refractivity contribution >= 4 is 17.6 Å². The van der Waals surface area contributed by atoms with Gasteiger partial charge in [0.2, 0.25) is 0 Å². The summed E-state index contributed by atoms with van der Waals surface area (Å²) in [5.41, 5.74) is 1.04. The number of carbonyl (C=O) groups is 1. The second-order valence-electron chi connectivity index (χ2n) is 3.16. The molecule has 0 spiro atoms. The van der Waals surface area contributed by atoms with Crippen LogP contribution in [0.3, 0.4) is 0 Å². The fourth-order valence-corrected chi connectivity index (χ4v) is 2.27. The molecule has 0 aromatic carbocycles. The maximum Gasteiger partial charge on any atom is 0.169 e. The average molecular weight is 236 g/mol. The summed E-state index contributed by atoms with van der Waals surface area (Å²) in [6, 6.07) is 2.89. The van der Waals surface area contributed by atoms with E-state index in [4.69, 9.17) is 0 Å². The Hall–Kier alpha value is -1.62. The quantitative estimate of drug-likeness (QED) is 0.769. The number of hydrogen-bond acceptors (Lipinski definition) is 4. The second kappa shape index (κ2) is 4.49. The van der Waals surface area contributed by atoms with Crippen molar-refractivity contribution in [3.8, 4) is 10.7 Å². The van der Waals surface area contributed by atoms with Crippen molar-refractivity contribution in [3.63, 3.8) is 0 Å². The summed E-state index contributed by atoms with van der Waals surface area (Å²) >= 11 is 1.42. The minimum Gasteiger partial charge on any atom is -0.296 e. The smallest absolute Gasteiger partial charge is 0.169 e. The zero-order valence-corrected chi connectivity index (χ0v) is 9.42. The highest BCUT2D eigenvalue weighted by molar-refractivity contribution is 7.15. The maximum absolute atomic E-state index is 12.7. The first kappa shape index (κ1) is 10.9. The van der Waals surface area contributed by atoms with E-state index in [-0.39, 0.29) is 5.82 Å². The zero-order valence-electron chi connectivity index (χ0n) is 8.61. The van der Waals surface area contributed by atoms with Crippen molar-refractivity contribution in [1.82, 2.24) is 9.97 Å². The van der Waals surface area contributed by atoms with Gasteiger partial charge in [0.05, 0.1) is 11.9 Å². The van der Waals surface area contributed by atoms with Gasteiger partial charge in [0, 0.05) is 4.88 Å². The molecule has 2 aromatic rings. The molecule has 0 unspecified atom stereocenters. The Morgan fingerprint density at radius 2 is 2.31 bits per heavy atom. The van der Waals surface area contributed by atoms with E-state index in [9.17, 15) is 9.18 Å². The number of carbonyl (C=O) groups excluding carboxylic acids is 1. The Morgan fingerprint density at radius 3 is 2.81 bits per heavy atom. The number of rotatable bonds is 3. The van der Waals surface area contributed by atoms with Gasteiger partial charge in [-0.1, -0.05) is 6.92 Å². The van der Waals surface area contributed by atoms with Crippen molar-refractivity contribution in [2.24, 2.45) is 0 Å². The molecule has 0 aliphatic rings. The van der Waals surface area contributed by atoms with Crippen LogP contribution in [-0.4, -0.2) is 16.3 Å². The van der Waals surface area contributed by atoms with Crippen LogP contribution in [-0.2, 0) is 6.42 Å². The van der Waals surface area contributed by atoms with E-state index in [1.807, 2.05) is 6.92 Å². The second-order valence-corrected chi connectivity index (χ2v) is 4.24. The molecule has 3 nitrogen and oxygen atoms in total. The number of hydrogen-bond donors (Lipinski definition) is 0. The monoisotopic (exact) mass is 236 g/mol. The van der Waals surface area contributed by atoms with E-state index in [1.165, 1.54) is 17.4 Å². The number of halogens is 1. The van der Waals surface area contributed by atoms with E-state index < -0.39 is 0 Å². The Morgan fingerprint density at radius 1 is 1.50 bits per heavy atom. The minimum absolute atomic E-state index is 0.383. The molecule has 0 aliphatic carbocycles. The van der Waals surface area contributed by atoms with Gasteiger partial charge < -0.3 is 0 Å². The number of aromatic nitrogens is 2. The van der Waals surface area contributed by atoms with E-state index in [1.54, 1.807) is 6.07 Å². The molecular formula is C11H9FN2OS. The molecule has 82 valence electrons. The molecule has 0 amide bonds. The molecule has 2 aromatic heterocycles. The molecule has 0 atom stereocenters. The molecule has 2 rings (SSSR count). The third-order valence-corrected chi connectivity index (χ3v) is 3.34. The average Bonchev–Trinajstić information content (AvgIpc) is 2.73. The van der Waals surface area contributed by atoms with E-state index in [0.717, 1.165) is 23.8 Å². The Labute approximate surface area is 96.0 Å². The normalized spacial score (nSPS) is 10.4. The van der Waals surface area contributed by atoms with Crippen molar-refractivity contribution in [2.75, 3.05) is 0 Å². The van der Waals surface area contributed by atoms with Crippen molar-refractivity contribution in [2.45, 2.75) is 13.3 Å². The first-order valence-corrected chi connectivity index (χ1v) is 5.63. The van der Waals surface area contributed by atoms with Crippen molar-refractivity contribution < 1.29 is 9.18 Å². The molecule has 0 radical (unpaired) electrons. The van der Waals surface area contributed by atoms with Crippen LogP contribution in [0.15, 0.2) is 18.3 Å². The maximum atomic E-state index is 12.7. The molecule has 5 heteroatoms.